The minimum atomic E-state index is -0.439. The standard InChI is InChI=1S/C30H30Cl2N4O7/c1-3-41-26-15-19(17-34-36-27(37)13-14-33-29(39)21-8-11-23(31)24(32)16-21)5-12-25(26)43-18-28(38)35-22-9-6-20(7-10-22)30(40)42-4-2/h5-12,15-17H,3-4,13-14,18H2,1-2H3,(H,33,39)(H,35,38)(H,36,37). The Morgan fingerprint density at radius 1 is 0.814 bits per heavy atom. The van der Waals surface area contributed by atoms with E-state index < -0.39 is 17.8 Å². The first-order valence-corrected chi connectivity index (χ1v) is 14.0. The Morgan fingerprint density at radius 2 is 1.56 bits per heavy atom. The van der Waals surface area contributed by atoms with E-state index in [2.05, 4.69) is 21.2 Å². The highest BCUT2D eigenvalue weighted by Gasteiger charge is 2.12. The Balaban J connectivity index is 1.46. The summed E-state index contributed by atoms with van der Waals surface area (Å²) in [5.74, 6) is -0.915. The number of hydrogen-bond donors (Lipinski definition) is 3. The number of carbonyl (C=O) groups excluding carboxylic acids is 4. The van der Waals surface area contributed by atoms with Crippen LogP contribution in [-0.4, -0.2) is 56.3 Å². The third kappa shape index (κ3) is 10.6. The molecule has 0 aliphatic heterocycles. The van der Waals surface area contributed by atoms with E-state index in [1.807, 2.05) is 0 Å². The second-order valence-electron chi connectivity index (χ2n) is 8.70. The van der Waals surface area contributed by atoms with Crippen LogP contribution in [0.25, 0.3) is 0 Å². The summed E-state index contributed by atoms with van der Waals surface area (Å²) in [6.45, 7) is 3.95. The maximum absolute atomic E-state index is 12.4. The van der Waals surface area contributed by atoms with Gasteiger partial charge in [0.1, 0.15) is 0 Å². The van der Waals surface area contributed by atoms with Gasteiger partial charge in [-0.3, -0.25) is 14.4 Å². The number of ether oxygens (including phenoxy) is 3. The zero-order chi connectivity index (χ0) is 31.2. The van der Waals surface area contributed by atoms with Gasteiger partial charge in [-0.25, -0.2) is 10.2 Å². The van der Waals surface area contributed by atoms with Gasteiger partial charge in [-0.1, -0.05) is 23.2 Å². The van der Waals surface area contributed by atoms with Crippen LogP contribution in [0, 0.1) is 0 Å². The highest BCUT2D eigenvalue weighted by atomic mass is 35.5. The molecule has 226 valence electrons. The number of nitrogens with zero attached hydrogens (tertiary/aromatic N) is 1. The van der Waals surface area contributed by atoms with Gasteiger partial charge in [-0.2, -0.15) is 5.10 Å². The van der Waals surface area contributed by atoms with E-state index >= 15 is 0 Å². The van der Waals surface area contributed by atoms with Crippen LogP contribution in [0.5, 0.6) is 11.5 Å². The first-order chi connectivity index (χ1) is 20.7. The van der Waals surface area contributed by atoms with Gasteiger partial charge in [-0.05, 0) is 80.1 Å². The fourth-order valence-corrected chi connectivity index (χ4v) is 3.80. The molecule has 0 bridgehead atoms. The van der Waals surface area contributed by atoms with Crippen molar-refractivity contribution in [3.63, 3.8) is 0 Å². The number of benzene rings is 3. The molecular formula is C30H30Cl2N4O7. The van der Waals surface area contributed by atoms with Crippen LogP contribution in [0.15, 0.2) is 65.8 Å². The first-order valence-electron chi connectivity index (χ1n) is 13.2. The number of hydrogen-bond acceptors (Lipinski definition) is 8. The van der Waals surface area contributed by atoms with Gasteiger partial charge in [0.05, 0.1) is 35.0 Å². The number of carbonyl (C=O) groups is 4. The van der Waals surface area contributed by atoms with E-state index in [1.165, 1.54) is 24.4 Å². The molecule has 0 fully saturated rings. The van der Waals surface area contributed by atoms with Crippen LogP contribution < -0.4 is 25.5 Å². The highest BCUT2D eigenvalue weighted by Crippen LogP contribution is 2.28. The molecule has 0 aliphatic carbocycles. The second-order valence-corrected chi connectivity index (χ2v) is 9.52. The summed E-state index contributed by atoms with van der Waals surface area (Å²) in [7, 11) is 0. The molecule has 0 heterocycles. The molecule has 0 aromatic heterocycles. The van der Waals surface area contributed by atoms with Crippen molar-refractivity contribution in [2.45, 2.75) is 20.3 Å². The molecule has 3 amide bonds. The van der Waals surface area contributed by atoms with Crippen molar-refractivity contribution < 1.29 is 33.4 Å². The molecule has 11 nitrogen and oxygen atoms in total. The Bertz CT molecular complexity index is 1480. The Hall–Kier alpha value is -4.61. The van der Waals surface area contributed by atoms with Gasteiger partial charge in [-0.15, -0.1) is 0 Å². The largest absolute Gasteiger partial charge is 0.490 e. The topological polar surface area (TPSA) is 144 Å². The molecule has 0 atom stereocenters. The van der Waals surface area contributed by atoms with E-state index in [-0.39, 0.29) is 37.1 Å². The number of halogens is 2. The van der Waals surface area contributed by atoms with Gasteiger partial charge in [0.25, 0.3) is 11.8 Å². The van der Waals surface area contributed by atoms with E-state index in [0.717, 1.165) is 0 Å². The summed E-state index contributed by atoms with van der Waals surface area (Å²) in [6.07, 6.45) is 1.42. The number of anilines is 1. The highest BCUT2D eigenvalue weighted by molar-refractivity contribution is 6.42. The molecule has 13 heteroatoms. The number of rotatable bonds is 14. The van der Waals surface area contributed by atoms with E-state index in [0.29, 0.717) is 45.5 Å². The molecule has 43 heavy (non-hydrogen) atoms. The van der Waals surface area contributed by atoms with Gasteiger partial charge >= 0.3 is 5.97 Å². The van der Waals surface area contributed by atoms with Crippen molar-refractivity contribution in [3.8, 4) is 11.5 Å². The maximum Gasteiger partial charge on any atom is 0.338 e. The summed E-state index contributed by atoms with van der Waals surface area (Å²) < 4.78 is 16.2. The lowest BCUT2D eigenvalue weighted by Gasteiger charge is -2.13. The summed E-state index contributed by atoms with van der Waals surface area (Å²) in [4.78, 5) is 48.5. The zero-order valence-corrected chi connectivity index (χ0v) is 25.0. The number of esters is 1. The molecular weight excluding hydrogens is 599 g/mol. The van der Waals surface area contributed by atoms with E-state index in [1.54, 1.807) is 56.3 Å². The van der Waals surface area contributed by atoms with Crippen molar-refractivity contribution in [3.05, 3.63) is 87.4 Å². The van der Waals surface area contributed by atoms with Crippen LogP contribution >= 0.6 is 23.2 Å². The van der Waals surface area contributed by atoms with E-state index in [4.69, 9.17) is 37.4 Å². The lowest BCUT2D eigenvalue weighted by atomic mass is 10.2. The van der Waals surface area contributed by atoms with Crippen molar-refractivity contribution in [2.75, 3.05) is 31.7 Å². The van der Waals surface area contributed by atoms with Gasteiger partial charge < -0.3 is 24.8 Å². The lowest BCUT2D eigenvalue weighted by molar-refractivity contribution is -0.121. The van der Waals surface area contributed by atoms with Crippen molar-refractivity contribution >= 4 is 58.8 Å². The van der Waals surface area contributed by atoms with Crippen LogP contribution in [0.3, 0.4) is 0 Å². The average molecular weight is 629 g/mol. The summed E-state index contributed by atoms with van der Waals surface area (Å²) in [5.41, 5.74) is 4.20. The first kappa shape index (κ1) is 32.9. The molecule has 3 rings (SSSR count). The average Bonchev–Trinajstić information content (AvgIpc) is 2.98. The number of nitrogens with one attached hydrogen (secondary N) is 3. The number of hydrazone groups is 1. The summed E-state index contributed by atoms with van der Waals surface area (Å²) >= 11 is 11.8. The van der Waals surface area contributed by atoms with Crippen LogP contribution in [-0.2, 0) is 14.3 Å². The molecule has 3 N–H and O–H groups in total. The molecule has 0 radical (unpaired) electrons. The normalized spacial score (nSPS) is 10.6. The Kier molecular flexibility index (Phi) is 12.8. The molecule has 0 spiro atoms. The number of amides is 3. The monoisotopic (exact) mass is 628 g/mol. The van der Waals surface area contributed by atoms with Crippen LogP contribution in [0.1, 0.15) is 46.5 Å². The van der Waals surface area contributed by atoms with Gasteiger partial charge in [0.15, 0.2) is 18.1 Å². The predicted molar refractivity (Wildman–Crippen MR) is 163 cm³/mol. The van der Waals surface area contributed by atoms with Crippen LogP contribution in [0.4, 0.5) is 5.69 Å². The molecule has 0 saturated carbocycles. The Morgan fingerprint density at radius 3 is 2.26 bits per heavy atom. The predicted octanol–water partition coefficient (Wildman–Crippen LogP) is 4.86. The minimum absolute atomic E-state index is 0.00101. The third-order valence-electron chi connectivity index (χ3n) is 5.53. The molecule has 0 aliphatic rings. The molecule has 0 unspecified atom stereocenters. The van der Waals surface area contributed by atoms with Crippen molar-refractivity contribution in [2.24, 2.45) is 5.10 Å². The molecule has 3 aromatic carbocycles. The van der Waals surface area contributed by atoms with E-state index in [9.17, 15) is 19.2 Å². The smallest absolute Gasteiger partial charge is 0.338 e. The molecule has 3 aromatic rings. The Labute approximate surface area is 258 Å². The second kappa shape index (κ2) is 16.7. The fraction of sp³-hybridized carbons (Fsp3) is 0.233. The van der Waals surface area contributed by atoms with Crippen LogP contribution in [0.2, 0.25) is 10.0 Å². The molecule has 0 saturated heterocycles. The van der Waals surface area contributed by atoms with Gasteiger partial charge in [0, 0.05) is 24.2 Å². The third-order valence-corrected chi connectivity index (χ3v) is 6.27. The quantitative estimate of drug-likeness (QED) is 0.131. The maximum atomic E-state index is 12.4. The fourth-order valence-electron chi connectivity index (χ4n) is 3.50. The summed E-state index contributed by atoms with van der Waals surface area (Å²) in [5, 5.41) is 9.86. The summed E-state index contributed by atoms with van der Waals surface area (Å²) in [6, 6.07) is 15.7. The lowest BCUT2D eigenvalue weighted by Crippen LogP contribution is -2.29. The zero-order valence-electron chi connectivity index (χ0n) is 23.4. The minimum Gasteiger partial charge on any atom is -0.490 e. The van der Waals surface area contributed by atoms with Crippen molar-refractivity contribution in [1.82, 2.24) is 10.7 Å². The van der Waals surface area contributed by atoms with Crippen molar-refractivity contribution in [1.29, 1.82) is 0 Å². The van der Waals surface area contributed by atoms with Gasteiger partial charge in [0.2, 0.25) is 5.91 Å². The SMILES string of the molecule is CCOC(=O)c1ccc(NC(=O)COc2ccc(C=NNC(=O)CCNC(=O)c3ccc(Cl)c(Cl)c3)cc2OCC)cc1.